The Morgan fingerprint density at radius 3 is 2.24 bits per heavy atom. The second-order valence-electron chi connectivity index (χ2n) is 4.31. The van der Waals surface area contributed by atoms with Crippen molar-refractivity contribution >= 4 is 17.7 Å². The first-order valence-electron chi connectivity index (χ1n) is 4.79. The summed E-state index contributed by atoms with van der Waals surface area (Å²) in [7, 11) is 0. The van der Waals surface area contributed by atoms with Crippen LogP contribution in [0, 0.1) is 0 Å². The predicted octanol–water partition coefficient (Wildman–Crippen LogP) is 0.496. The normalized spacial score (nSPS) is 19.3. The van der Waals surface area contributed by atoms with E-state index in [-0.39, 0.29) is 6.54 Å². The summed E-state index contributed by atoms with van der Waals surface area (Å²) in [5.41, 5.74) is 0.694. The second kappa shape index (κ2) is 5.45. The molecule has 0 fully saturated rings. The minimum absolute atomic E-state index is 0.282. The van der Waals surface area contributed by atoms with Crippen molar-refractivity contribution in [2.24, 2.45) is 5.73 Å². The van der Waals surface area contributed by atoms with Crippen LogP contribution in [-0.4, -0.2) is 46.9 Å². The summed E-state index contributed by atoms with van der Waals surface area (Å²) < 4.78 is 37.2. The Morgan fingerprint density at radius 1 is 1.41 bits per heavy atom. The number of nitrogens with one attached hydrogen (secondary N) is 1. The molecule has 0 spiro atoms. The quantitative estimate of drug-likeness (QED) is 0.682. The smallest absolute Gasteiger partial charge is 0.387 e. The number of carbonyl (C=O) groups is 1. The van der Waals surface area contributed by atoms with E-state index in [9.17, 15) is 23.1 Å². The van der Waals surface area contributed by atoms with Gasteiger partial charge in [-0.15, -0.1) is 0 Å². The molecule has 0 radical (unpaired) electrons. The molecule has 0 saturated heterocycles. The Balaban J connectivity index is 4.48. The molecule has 4 N–H and O–H groups in total. The van der Waals surface area contributed by atoms with Gasteiger partial charge in [-0.05, 0) is 20.1 Å². The number of nitrogens with two attached hydrogens (primary N) is 1. The number of hydrogen-bond acceptors (Lipinski definition) is 4. The molecular weight excluding hydrogens is 257 g/mol. The van der Waals surface area contributed by atoms with Crippen LogP contribution in [0.1, 0.15) is 13.8 Å². The minimum atomic E-state index is -4.83. The van der Waals surface area contributed by atoms with Crippen LogP contribution in [0.2, 0.25) is 0 Å². The number of halogens is 3. The first kappa shape index (κ1) is 16.5. The highest BCUT2D eigenvalue weighted by atomic mass is 32.2. The first-order chi connectivity index (χ1) is 7.44. The van der Waals surface area contributed by atoms with Crippen LogP contribution >= 0.6 is 11.8 Å². The van der Waals surface area contributed by atoms with Gasteiger partial charge in [0.05, 0.1) is 5.60 Å². The molecule has 4 nitrogen and oxygen atoms in total. The van der Waals surface area contributed by atoms with E-state index in [4.69, 9.17) is 5.73 Å². The third-order valence-electron chi connectivity index (χ3n) is 2.15. The summed E-state index contributed by atoms with van der Waals surface area (Å²) >= 11 is 1.32. The molecule has 102 valence electrons. The van der Waals surface area contributed by atoms with Gasteiger partial charge in [0.1, 0.15) is 0 Å². The third kappa shape index (κ3) is 4.72. The lowest BCUT2D eigenvalue weighted by Crippen LogP contribution is -2.62. The fourth-order valence-electron chi connectivity index (χ4n) is 0.945. The Bertz CT molecular complexity index is 280. The highest BCUT2D eigenvalue weighted by Gasteiger charge is 2.54. The van der Waals surface area contributed by atoms with E-state index in [0.29, 0.717) is 12.7 Å². The molecule has 2 atom stereocenters. The van der Waals surface area contributed by atoms with E-state index >= 15 is 0 Å². The largest absolute Gasteiger partial charge is 0.415 e. The Morgan fingerprint density at radius 2 is 1.88 bits per heavy atom. The van der Waals surface area contributed by atoms with Crippen LogP contribution in [0.5, 0.6) is 0 Å². The van der Waals surface area contributed by atoms with Crippen molar-refractivity contribution in [3.8, 4) is 0 Å². The molecule has 0 aliphatic carbocycles. The van der Waals surface area contributed by atoms with Gasteiger partial charge in [0.2, 0.25) is 5.91 Å². The van der Waals surface area contributed by atoms with Crippen molar-refractivity contribution in [2.45, 2.75) is 31.2 Å². The van der Waals surface area contributed by atoms with Crippen molar-refractivity contribution in [1.29, 1.82) is 0 Å². The van der Waals surface area contributed by atoms with Gasteiger partial charge in [-0.3, -0.25) is 4.79 Å². The minimum Gasteiger partial charge on any atom is -0.387 e. The fourth-order valence-corrected chi connectivity index (χ4v) is 1.67. The number of aliphatic hydroxyl groups is 1. The number of amides is 1. The van der Waals surface area contributed by atoms with Gasteiger partial charge < -0.3 is 16.2 Å². The zero-order valence-corrected chi connectivity index (χ0v) is 10.7. The SMILES string of the molecule is CSCC(C)(O)CNC(=O)C(C)(N)C(F)(F)F. The van der Waals surface area contributed by atoms with Crippen molar-refractivity contribution < 1.29 is 23.1 Å². The average molecular weight is 274 g/mol. The molecule has 0 aromatic rings. The first-order valence-corrected chi connectivity index (χ1v) is 6.18. The maximum atomic E-state index is 12.4. The molecule has 0 saturated carbocycles. The summed E-state index contributed by atoms with van der Waals surface area (Å²) in [5.74, 6) is -1.06. The molecule has 2 unspecified atom stereocenters. The zero-order chi connectivity index (χ0) is 13.9. The van der Waals surface area contributed by atoms with E-state index in [1.54, 1.807) is 6.26 Å². The maximum absolute atomic E-state index is 12.4. The summed E-state index contributed by atoms with van der Waals surface area (Å²) in [4.78, 5) is 11.3. The molecule has 1 amide bonds. The van der Waals surface area contributed by atoms with Crippen LogP contribution in [-0.2, 0) is 4.79 Å². The van der Waals surface area contributed by atoms with Gasteiger partial charge in [0.15, 0.2) is 5.54 Å². The molecular formula is C9H17F3N2O2S. The molecule has 0 aromatic carbocycles. The maximum Gasteiger partial charge on any atom is 0.415 e. The number of carbonyl (C=O) groups excluding carboxylic acids is 1. The molecule has 0 heterocycles. The van der Waals surface area contributed by atoms with Gasteiger partial charge in [-0.2, -0.15) is 24.9 Å². The zero-order valence-electron chi connectivity index (χ0n) is 9.89. The van der Waals surface area contributed by atoms with Crippen molar-refractivity contribution in [1.82, 2.24) is 5.32 Å². The standard InChI is InChI=1S/C9H17F3N2O2S/c1-7(16,5-17-3)4-14-6(15)8(2,13)9(10,11)12/h16H,4-5,13H2,1-3H3,(H,14,15). The Labute approximate surface area is 102 Å². The van der Waals surface area contributed by atoms with Gasteiger partial charge >= 0.3 is 6.18 Å². The number of rotatable bonds is 5. The van der Waals surface area contributed by atoms with Crippen LogP contribution in [0.3, 0.4) is 0 Å². The van der Waals surface area contributed by atoms with Gasteiger partial charge in [0, 0.05) is 12.3 Å². The summed E-state index contributed by atoms with van der Waals surface area (Å²) in [5, 5.41) is 11.7. The lowest BCUT2D eigenvalue weighted by molar-refractivity contribution is -0.187. The number of hydrogen-bond donors (Lipinski definition) is 3. The van der Waals surface area contributed by atoms with Crippen molar-refractivity contribution in [3.05, 3.63) is 0 Å². The lowest BCUT2D eigenvalue weighted by atomic mass is 10.0. The monoisotopic (exact) mass is 274 g/mol. The van der Waals surface area contributed by atoms with E-state index in [1.165, 1.54) is 18.7 Å². The topological polar surface area (TPSA) is 75.3 Å². The van der Waals surface area contributed by atoms with Gasteiger partial charge in [-0.1, -0.05) is 0 Å². The summed E-state index contributed by atoms with van der Waals surface area (Å²) in [6.07, 6.45) is -3.10. The Hall–Kier alpha value is -0.470. The highest BCUT2D eigenvalue weighted by molar-refractivity contribution is 7.98. The molecule has 0 bridgehead atoms. The summed E-state index contributed by atoms with van der Waals surface area (Å²) in [6.45, 7) is 1.73. The number of alkyl halides is 3. The molecule has 0 aliphatic heterocycles. The molecule has 8 heteroatoms. The van der Waals surface area contributed by atoms with E-state index in [0.717, 1.165) is 0 Å². The van der Waals surface area contributed by atoms with E-state index in [1.807, 2.05) is 5.32 Å². The Kier molecular flexibility index (Phi) is 5.30. The highest BCUT2D eigenvalue weighted by Crippen LogP contribution is 2.28. The van der Waals surface area contributed by atoms with Crippen LogP contribution < -0.4 is 11.1 Å². The van der Waals surface area contributed by atoms with E-state index < -0.39 is 23.2 Å². The van der Waals surface area contributed by atoms with Crippen molar-refractivity contribution in [2.75, 3.05) is 18.6 Å². The molecule has 0 aromatic heterocycles. The second-order valence-corrected chi connectivity index (χ2v) is 5.18. The van der Waals surface area contributed by atoms with Crippen LogP contribution in [0.4, 0.5) is 13.2 Å². The summed E-state index contributed by atoms with van der Waals surface area (Å²) in [6, 6.07) is 0. The predicted molar refractivity (Wildman–Crippen MR) is 60.7 cm³/mol. The fraction of sp³-hybridized carbons (Fsp3) is 0.889. The van der Waals surface area contributed by atoms with Crippen molar-refractivity contribution in [3.63, 3.8) is 0 Å². The number of thioether (sulfide) groups is 1. The molecule has 0 aliphatic rings. The van der Waals surface area contributed by atoms with E-state index in [2.05, 4.69) is 0 Å². The van der Waals surface area contributed by atoms with Gasteiger partial charge in [0.25, 0.3) is 0 Å². The lowest BCUT2D eigenvalue weighted by Gasteiger charge is -2.29. The van der Waals surface area contributed by atoms with Crippen LogP contribution in [0.25, 0.3) is 0 Å². The van der Waals surface area contributed by atoms with Gasteiger partial charge in [-0.25, -0.2) is 0 Å². The average Bonchev–Trinajstić information content (AvgIpc) is 2.12. The van der Waals surface area contributed by atoms with Crippen LogP contribution in [0.15, 0.2) is 0 Å². The molecule has 0 rings (SSSR count). The molecule has 17 heavy (non-hydrogen) atoms. The third-order valence-corrected chi connectivity index (χ3v) is 3.06.